The van der Waals surface area contributed by atoms with Gasteiger partial charge in [0.1, 0.15) is 5.76 Å². The Labute approximate surface area is 215 Å². The van der Waals surface area contributed by atoms with Crippen LogP contribution < -0.4 is 5.32 Å². The van der Waals surface area contributed by atoms with E-state index in [1.807, 2.05) is 6.26 Å². The molecule has 0 spiro atoms. The monoisotopic (exact) mass is 512 g/mol. The van der Waals surface area contributed by atoms with E-state index in [1.165, 1.54) is 11.4 Å². The predicted molar refractivity (Wildman–Crippen MR) is 142 cm³/mol. The molecule has 0 amide bonds. The molecular weight excluding hydrogens is 468 g/mol. The molecule has 3 aliphatic heterocycles. The van der Waals surface area contributed by atoms with Crippen molar-refractivity contribution in [2.24, 2.45) is 23.7 Å². The van der Waals surface area contributed by atoms with Gasteiger partial charge in [0.2, 0.25) is 6.79 Å². The van der Waals surface area contributed by atoms with Gasteiger partial charge in [0, 0.05) is 31.2 Å². The molecule has 3 rings (SSSR count). The van der Waals surface area contributed by atoms with Crippen molar-refractivity contribution in [2.75, 3.05) is 25.8 Å². The van der Waals surface area contributed by atoms with Crippen LogP contribution in [0.4, 0.5) is 0 Å². The molecule has 194 valence electrons. The van der Waals surface area contributed by atoms with Crippen LogP contribution in [0, 0.1) is 23.7 Å². The highest BCUT2D eigenvalue weighted by molar-refractivity contribution is 8.02. The van der Waals surface area contributed by atoms with E-state index in [-0.39, 0.29) is 24.3 Å². The summed E-state index contributed by atoms with van der Waals surface area (Å²) in [5.74, 6) is 3.36. The lowest BCUT2D eigenvalue weighted by atomic mass is 9.96. The number of nitrogens with one attached hydrogen (secondary N) is 1. The number of allylic oxidation sites excluding steroid dienone is 4. The summed E-state index contributed by atoms with van der Waals surface area (Å²) in [6, 6.07) is 0. The molecule has 0 aromatic rings. The molecule has 5 atom stereocenters. The Morgan fingerprint density at radius 2 is 1.56 bits per heavy atom. The normalized spacial score (nSPS) is 25.3. The van der Waals surface area contributed by atoms with Crippen LogP contribution in [0.15, 0.2) is 33.1 Å². The van der Waals surface area contributed by atoms with Crippen LogP contribution in [0.2, 0.25) is 0 Å². The van der Waals surface area contributed by atoms with Crippen LogP contribution in [0.25, 0.3) is 0 Å². The molecule has 0 saturated carbocycles. The third-order valence-corrected chi connectivity index (χ3v) is 8.31. The molecule has 8 heteroatoms. The highest BCUT2D eigenvalue weighted by Crippen LogP contribution is 2.41. The second-order valence-corrected chi connectivity index (χ2v) is 11.3. The minimum absolute atomic E-state index is 0.0467. The highest BCUT2D eigenvalue weighted by Gasteiger charge is 2.38. The van der Waals surface area contributed by atoms with E-state index in [0.717, 1.165) is 47.5 Å². The minimum Gasteiger partial charge on any atom is -0.473 e. The minimum atomic E-state index is -0.0610. The molecule has 0 fully saturated rings. The Morgan fingerprint density at radius 3 is 2.15 bits per heavy atom. The van der Waals surface area contributed by atoms with Gasteiger partial charge < -0.3 is 29.2 Å². The Balaban J connectivity index is 1.72. The van der Waals surface area contributed by atoms with Gasteiger partial charge in [-0.2, -0.15) is 0 Å². The molecule has 0 aromatic carbocycles. The van der Waals surface area contributed by atoms with E-state index in [1.54, 1.807) is 23.5 Å². The van der Waals surface area contributed by atoms with Gasteiger partial charge in [-0.05, 0) is 37.7 Å². The van der Waals surface area contributed by atoms with Gasteiger partial charge in [-0.15, -0.1) is 0 Å². The maximum Gasteiger partial charge on any atom is 0.231 e. The Kier molecular flexibility index (Phi) is 9.73. The van der Waals surface area contributed by atoms with Gasteiger partial charge in [-0.3, -0.25) is 0 Å². The van der Waals surface area contributed by atoms with Gasteiger partial charge in [0.15, 0.2) is 28.4 Å². The third-order valence-electron chi connectivity index (χ3n) is 6.95. The van der Waals surface area contributed by atoms with E-state index < -0.39 is 0 Å². The highest BCUT2D eigenvalue weighted by atomic mass is 32.2. The quantitative estimate of drug-likeness (QED) is 0.312. The summed E-state index contributed by atoms with van der Waals surface area (Å²) in [7, 11) is 0. The van der Waals surface area contributed by atoms with Crippen molar-refractivity contribution in [3.05, 3.63) is 33.1 Å². The number of rotatable bonds is 12. The summed E-state index contributed by atoms with van der Waals surface area (Å²) >= 11 is 3.32. The van der Waals surface area contributed by atoms with E-state index >= 15 is 0 Å². The fourth-order valence-corrected chi connectivity index (χ4v) is 6.37. The number of nitrogens with zero attached hydrogens (tertiary/aromatic N) is 1. The molecule has 0 aromatic heterocycles. The van der Waals surface area contributed by atoms with Crippen LogP contribution in [0.5, 0.6) is 0 Å². The molecule has 3 heterocycles. The van der Waals surface area contributed by atoms with Crippen molar-refractivity contribution in [3.8, 4) is 0 Å². The standard InChI is InChI=1S/C26H44N2O4S2/c1-10-16(5)21-23(31-19(27-21)12-17(6)24-26(34-9)30-14-29-24)18(7)13-20-28(11-2)22(15(3)4)25(32-20)33-8/h15-20,27H,10-14H2,1-9H3. The van der Waals surface area contributed by atoms with Gasteiger partial charge in [0.05, 0.1) is 11.4 Å². The maximum atomic E-state index is 6.61. The second-order valence-electron chi connectivity index (χ2n) is 9.76. The van der Waals surface area contributed by atoms with Crippen molar-refractivity contribution in [1.29, 1.82) is 0 Å². The van der Waals surface area contributed by atoms with E-state index in [4.69, 9.17) is 18.9 Å². The van der Waals surface area contributed by atoms with Crippen LogP contribution >= 0.6 is 23.5 Å². The van der Waals surface area contributed by atoms with Gasteiger partial charge in [0.25, 0.3) is 0 Å². The smallest absolute Gasteiger partial charge is 0.231 e. The van der Waals surface area contributed by atoms with Gasteiger partial charge >= 0.3 is 0 Å². The zero-order valence-corrected chi connectivity index (χ0v) is 24.0. The lowest BCUT2D eigenvalue weighted by Crippen LogP contribution is -2.34. The molecule has 0 aliphatic carbocycles. The summed E-state index contributed by atoms with van der Waals surface area (Å²) in [5.41, 5.74) is 2.58. The summed E-state index contributed by atoms with van der Waals surface area (Å²) in [5, 5.41) is 5.68. The summed E-state index contributed by atoms with van der Waals surface area (Å²) < 4.78 is 24.4. The summed E-state index contributed by atoms with van der Waals surface area (Å²) in [6.07, 6.45) is 6.91. The first-order valence-corrected chi connectivity index (χ1v) is 15.1. The van der Waals surface area contributed by atoms with E-state index in [2.05, 4.69) is 64.9 Å². The number of ether oxygens (including phenoxy) is 4. The molecule has 6 nitrogen and oxygen atoms in total. The molecule has 3 aliphatic rings. The fraction of sp³-hybridized carbons (Fsp3) is 0.769. The van der Waals surface area contributed by atoms with Crippen molar-refractivity contribution < 1.29 is 18.9 Å². The number of thioether (sulfide) groups is 2. The van der Waals surface area contributed by atoms with Crippen LogP contribution in [-0.2, 0) is 18.9 Å². The molecule has 1 N–H and O–H groups in total. The maximum absolute atomic E-state index is 6.61. The first kappa shape index (κ1) is 27.3. The average molecular weight is 513 g/mol. The lowest BCUT2D eigenvalue weighted by molar-refractivity contribution is 0.0199. The fourth-order valence-electron chi connectivity index (χ4n) is 4.98. The first-order chi connectivity index (χ1) is 16.2. The topological polar surface area (TPSA) is 52.2 Å². The third kappa shape index (κ3) is 5.75. The molecule has 5 unspecified atom stereocenters. The first-order valence-electron chi connectivity index (χ1n) is 12.7. The Bertz CT molecular complexity index is 811. The van der Waals surface area contributed by atoms with Crippen LogP contribution in [-0.4, -0.2) is 43.2 Å². The largest absolute Gasteiger partial charge is 0.473 e. The zero-order chi connectivity index (χ0) is 25.0. The molecule has 0 bridgehead atoms. The van der Waals surface area contributed by atoms with E-state index in [0.29, 0.717) is 18.6 Å². The number of hydrogen-bond acceptors (Lipinski definition) is 8. The van der Waals surface area contributed by atoms with Crippen molar-refractivity contribution in [1.82, 2.24) is 10.2 Å². The SMILES string of the molecule is CCC(C)C1=C(C(C)CC2OC(SC)=C(C(C)C)N2CC)OC(CC(C)C2=C(SC)OCO2)N1. The Morgan fingerprint density at radius 1 is 0.882 bits per heavy atom. The zero-order valence-electron chi connectivity index (χ0n) is 22.4. The van der Waals surface area contributed by atoms with Gasteiger partial charge in [-0.25, -0.2) is 0 Å². The van der Waals surface area contributed by atoms with Crippen molar-refractivity contribution in [3.63, 3.8) is 0 Å². The van der Waals surface area contributed by atoms with E-state index in [9.17, 15) is 0 Å². The van der Waals surface area contributed by atoms with Crippen molar-refractivity contribution >= 4 is 23.5 Å². The molecule has 34 heavy (non-hydrogen) atoms. The molecule has 0 saturated heterocycles. The summed E-state index contributed by atoms with van der Waals surface area (Å²) in [6.45, 7) is 16.9. The average Bonchev–Trinajstić information content (AvgIpc) is 3.54. The molecular formula is C26H44N2O4S2. The number of hydrogen-bond donors (Lipinski definition) is 1. The second kappa shape index (κ2) is 12.1. The van der Waals surface area contributed by atoms with Gasteiger partial charge in [-0.1, -0.05) is 65.1 Å². The van der Waals surface area contributed by atoms with Crippen LogP contribution in [0.1, 0.15) is 67.7 Å². The Hall–Kier alpha value is -1.28. The molecule has 0 radical (unpaired) electrons. The predicted octanol–water partition coefficient (Wildman–Crippen LogP) is 6.65. The lowest BCUT2D eigenvalue weighted by Gasteiger charge is -2.30. The van der Waals surface area contributed by atoms with Crippen LogP contribution in [0.3, 0.4) is 0 Å². The van der Waals surface area contributed by atoms with Crippen molar-refractivity contribution in [2.45, 2.75) is 80.2 Å². The summed E-state index contributed by atoms with van der Waals surface area (Å²) in [4.78, 5) is 2.44.